The van der Waals surface area contributed by atoms with Crippen LogP contribution in [0.3, 0.4) is 0 Å². The van der Waals surface area contributed by atoms with Crippen LogP contribution >= 0.6 is 15.9 Å². The second-order valence-corrected chi connectivity index (χ2v) is 9.29. The van der Waals surface area contributed by atoms with Gasteiger partial charge in [0.15, 0.2) is 0 Å². The molecule has 1 rings (SSSR count). The highest BCUT2D eigenvalue weighted by Gasteiger charge is 2.25. The van der Waals surface area contributed by atoms with E-state index in [1.807, 2.05) is 33.8 Å². The van der Waals surface area contributed by atoms with Gasteiger partial charge in [0.2, 0.25) is 0 Å². The molecule has 0 aliphatic carbocycles. The first-order valence-electron chi connectivity index (χ1n) is 9.15. The van der Waals surface area contributed by atoms with Gasteiger partial charge in [-0.1, -0.05) is 34.1 Å². The van der Waals surface area contributed by atoms with Gasteiger partial charge in [0, 0.05) is 11.4 Å². The number of hydrogen-bond acceptors (Lipinski definition) is 4. The number of nitrogens with one attached hydrogen (secondary N) is 1. The number of alkyl halides is 1. The van der Waals surface area contributed by atoms with Gasteiger partial charge in [-0.15, -0.1) is 0 Å². The topological polar surface area (TPSA) is 64.6 Å². The molecule has 1 aromatic carbocycles. The van der Waals surface area contributed by atoms with Crippen LogP contribution < -0.4 is 5.32 Å². The second kappa shape index (κ2) is 9.58. The Kier molecular flexibility index (Phi) is 8.33. The highest BCUT2D eigenvalue weighted by Crippen LogP contribution is 2.18. The van der Waals surface area contributed by atoms with Crippen molar-refractivity contribution in [2.45, 2.75) is 83.9 Å². The van der Waals surface area contributed by atoms with Crippen LogP contribution in [0.25, 0.3) is 0 Å². The quantitative estimate of drug-likeness (QED) is 0.494. The molecule has 0 fully saturated rings. The van der Waals surface area contributed by atoms with E-state index in [1.165, 1.54) is 0 Å². The van der Waals surface area contributed by atoms with Crippen LogP contribution in [0.15, 0.2) is 18.2 Å². The molecule has 1 atom stereocenters. The molecule has 0 aliphatic heterocycles. The van der Waals surface area contributed by atoms with Gasteiger partial charge in [-0.2, -0.15) is 0 Å². The summed E-state index contributed by atoms with van der Waals surface area (Å²) in [6, 6.07) is 5.77. The molecule has 1 N–H and O–H groups in total. The fourth-order valence-electron chi connectivity index (χ4n) is 2.53. The molecule has 5 nitrogen and oxygen atoms in total. The molecule has 0 spiro atoms. The van der Waals surface area contributed by atoms with Gasteiger partial charge in [0.05, 0.1) is 6.42 Å². The van der Waals surface area contributed by atoms with Crippen molar-refractivity contribution < 1.29 is 19.1 Å². The summed E-state index contributed by atoms with van der Waals surface area (Å²) in [6.07, 6.45) is 0.0602. The monoisotopic (exact) mass is 441 g/mol. The van der Waals surface area contributed by atoms with Crippen LogP contribution in [0.1, 0.15) is 64.7 Å². The molecule has 0 radical (unpaired) electrons. The smallest absolute Gasteiger partial charge is 0.407 e. The van der Waals surface area contributed by atoms with Crippen molar-refractivity contribution in [1.29, 1.82) is 0 Å². The lowest BCUT2D eigenvalue weighted by atomic mass is 9.97. The number of benzene rings is 1. The molecule has 1 amide bonds. The first-order valence-corrected chi connectivity index (χ1v) is 10.3. The van der Waals surface area contributed by atoms with E-state index in [4.69, 9.17) is 9.47 Å². The number of amides is 1. The van der Waals surface area contributed by atoms with Crippen molar-refractivity contribution in [3.05, 3.63) is 34.9 Å². The SMILES string of the molecule is Cc1ccc(CBr)cc1C[C@@H](CC(=O)OC(C)(C)C)NC(=O)OC(C)(C)C. The van der Waals surface area contributed by atoms with Gasteiger partial charge in [-0.05, 0) is 71.6 Å². The van der Waals surface area contributed by atoms with Gasteiger partial charge >= 0.3 is 12.1 Å². The molecule has 27 heavy (non-hydrogen) atoms. The number of esters is 1. The van der Waals surface area contributed by atoms with Crippen molar-refractivity contribution in [3.8, 4) is 0 Å². The zero-order chi connectivity index (χ0) is 20.8. The van der Waals surface area contributed by atoms with Gasteiger partial charge < -0.3 is 14.8 Å². The summed E-state index contributed by atoms with van der Waals surface area (Å²) in [4.78, 5) is 24.6. The van der Waals surface area contributed by atoms with Crippen molar-refractivity contribution in [2.75, 3.05) is 0 Å². The first kappa shape index (κ1) is 23.5. The van der Waals surface area contributed by atoms with Crippen LogP contribution in [-0.2, 0) is 26.0 Å². The van der Waals surface area contributed by atoms with Crippen LogP contribution in [0.5, 0.6) is 0 Å². The fourth-order valence-corrected chi connectivity index (χ4v) is 2.87. The molecule has 0 heterocycles. The molecule has 0 unspecified atom stereocenters. The average Bonchev–Trinajstić information content (AvgIpc) is 2.45. The van der Waals surface area contributed by atoms with Crippen LogP contribution in [0.2, 0.25) is 0 Å². The maximum Gasteiger partial charge on any atom is 0.407 e. The van der Waals surface area contributed by atoms with E-state index in [9.17, 15) is 9.59 Å². The molecule has 0 bridgehead atoms. The Balaban J connectivity index is 2.96. The zero-order valence-corrected chi connectivity index (χ0v) is 19.0. The minimum atomic E-state index is -0.605. The van der Waals surface area contributed by atoms with Gasteiger partial charge in [0.1, 0.15) is 11.2 Å². The Hall–Kier alpha value is -1.56. The number of ether oxygens (including phenoxy) is 2. The predicted octanol–water partition coefficient (Wildman–Crippen LogP) is 5.06. The van der Waals surface area contributed by atoms with Crippen molar-refractivity contribution >= 4 is 28.0 Å². The van der Waals surface area contributed by atoms with E-state index in [0.717, 1.165) is 22.0 Å². The molecule has 1 aromatic rings. The molecule has 152 valence electrons. The lowest BCUT2D eigenvalue weighted by molar-refractivity contribution is -0.155. The van der Waals surface area contributed by atoms with Crippen LogP contribution in [0, 0.1) is 6.92 Å². The van der Waals surface area contributed by atoms with E-state index in [2.05, 4.69) is 33.4 Å². The molecule has 0 saturated carbocycles. The van der Waals surface area contributed by atoms with E-state index in [0.29, 0.717) is 6.42 Å². The number of rotatable bonds is 6. The highest BCUT2D eigenvalue weighted by molar-refractivity contribution is 9.08. The molecule has 6 heteroatoms. The number of carbonyl (C=O) groups excluding carboxylic acids is 2. The van der Waals surface area contributed by atoms with Crippen molar-refractivity contribution in [3.63, 3.8) is 0 Å². The predicted molar refractivity (Wildman–Crippen MR) is 111 cm³/mol. The number of carbonyl (C=O) groups is 2. The molecular formula is C21H32BrNO4. The first-order chi connectivity index (χ1) is 12.3. The Morgan fingerprint density at radius 3 is 2.19 bits per heavy atom. The minimum Gasteiger partial charge on any atom is -0.460 e. The van der Waals surface area contributed by atoms with Crippen LogP contribution in [-0.4, -0.2) is 29.3 Å². The summed E-state index contributed by atoms with van der Waals surface area (Å²) in [5.74, 6) is -0.349. The molecule has 0 aliphatic rings. The number of hydrogen-bond donors (Lipinski definition) is 1. The number of aryl methyl sites for hydroxylation is 1. The zero-order valence-electron chi connectivity index (χ0n) is 17.4. The normalized spacial score (nSPS) is 13.0. The second-order valence-electron chi connectivity index (χ2n) is 8.73. The van der Waals surface area contributed by atoms with Crippen molar-refractivity contribution in [2.24, 2.45) is 0 Å². The van der Waals surface area contributed by atoms with E-state index < -0.39 is 23.3 Å². The summed E-state index contributed by atoms with van der Waals surface area (Å²) in [5, 5.41) is 3.58. The Labute approximate surface area is 171 Å². The standard InChI is InChI=1S/C21H32BrNO4/c1-14-8-9-15(13-22)10-16(14)11-17(12-18(24)26-20(2,3)4)23-19(25)27-21(5,6)7/h8-10,17H,11-13H2,1-7H3,(H,23,25)/t17-/m0/s1. The van der Waals surface area contributed by atoms with Crippen LogP contribution in [0.4, 0.5) is 4.79 Å². The van der Waals surface area contributed by atoms with Gasteiger partial charge in [0.25, 0.3) is 0 Å². The Morgan fingerprint density at radius 2 is 1.67 bits per heavy atom. The molecular weight excluding hydrogens is 410 g/mol. The molecule has 0 saturated heterocycles. The maximum atomic E-state index is 12.3. The van der Waals surface area contributed by atoms with Gasteiger partial charge in [-0.3, -0.25) is 4.79 Å². The summed E-state index contributed by atoms with van der Waals surface area (Å²) in [6.45, 7) is 12.9. The van der Waals surface area contributed by atoms with E-state index in [-0.39, 0.29) is 12.4 Å². The Bertz CT molecular complexity index is 629. The molecule has 0 aromatic heterocycles. The average molecular weight is 442 g/mol. The maximum absolute atomic E-state index is 12.3. The van der Waals surface area contributed by atoms with E-state index in [1.54, 1.807) is 20.8 Å². The van der Waals surface area contributed by atoms with Gasteiger partial charge in [-0.25, -0.2) is 4.79 Å². The summed E-state index contributed by atoms with van der Waals surface area (Å²) in [5.41, 5.74) is 2.16. The lowest BCUT2D eigenvalue weighted by Crippen LogP contribution is -2.42. The van der Waals surface area contributed by atoms with E-state index >= 15 is 0 Å². The summed E-state index contributed by atoms with van der Waals surface area (Å²) < 4.78 is 10.8. The summed E-state index contributed by atoms with van der Waals surface area (Å²) >= 11 is 3.47. The summed E-state index contributed by atoms with van der Waals surface area (Å²) in [7, 11) is 0. The minimum absolute atomic E-state index is 0.0779. The largest absolute Gasteiger partial charge is 0.460 e. The lowest BCUT2D eigenvalue weighted by Gasteiger charge is -2.25. The third kappa shape index (κ3) is 9.80. The fraction of sp³-hybridized carbons (Fsp3) is 0.619. The van der Waals surface area contributed by atoms with Crippen molar-refractivity contribution in [1.82, 2.24) is 5.32 Å². The highest BCUT2D eigenvalue weighted by atomic mass is 79.9. The number of alkyl carbamates (subject to hydrolysis) is 1. The third-order valence-electron chi connectivity index (χ3n) is 3.59. The number of halogens is 1. The third-order valence-corrected chi connectivity index (χ3v) is 4.24. The Morgan fingerprint density at radius 1 is 1.07 bits per heavy atom.